The molecule has 0 spiro atoms. The number of anilines is 1. The number of ketones is 1. The van der Waals surface area contributed by atoms with Crippen molar-refractivity contribution in [1.82, 2.24) is 4.98 Å². The van der Waals surface area contributed by atoms with Gasteiger partial charge in [-0.15, -0.1) is 0 Å². The predicted octanol–water partition coefficient (Wildman–Crippen LogP) is 4.94. The number of carbonyl (C=O) groups is 2. The lowest BCUT2D eigenvalue weighted by Crippen LogP contribution is -2.29. The highest BCUT2D eigenvalue weighted by Gasteiger charge is 2.48. The van der Waals surface area contributed by atoms with Gasteiger partial charge in [0.25, 0.3) is 5.78 Å². The van der Waals surface area contributed by atoms with Crippen molar-refractivity contribution in [3.05, 3.63) is 89.5 Å². The van der Waals surface area contributed by atoms with Gasteiger partial charge in [0.15, 0.2) is 5.13 Å². The minimum Gasteiger partial charge on any atom is -0.507 e. The van der Waals surface area contributed by atoms with Crippen molar-refractivity contribution < 1.29 is 24.2 Å². The number of amides is 1. The van der Waals surface area contributed by atoms with Crippen molar-refractivity contribution in [3.8, 4) is 11.5 Å². The molecular weight excluding hydrogens is 452 g/mol. The molecule has 0 bridgehead atoms. The zero-order valence-corrected chi connectivity index (χ0v) is 19.2. The van der Waals surface area contributed by atoms with Gasteiger partial charge in [-0.25, -0.2) is 4.98 Å². The van der Waals surface area contributed by atoms with Gasteiger partial charge in [-0.1, -0.05) is 53.8 Å². The summed E-state index contributed by atoms with van der Waals surface area (Å²) in [6.45, 7) is 0. The number of aliphatic hydroxyl groups excluding tert-OH is 1. The Morgan fingerprint density at radius 2 is 1.62 bits per heavy atom. The maximum Gasteiger partial charge on any atom is 0.301 e. The summed E-state index contributed by atoms with van der Waals surface area (Å²) >= 11 is 1.28. The Balaban J connectivity index is 1.71. The molecule has 5 rings (SSSR count). The Morgan fingerprint density at radius 3 is 2.29 bits per heavy atom. The summed E-state index contributed by atoms with van der Waals surface area (Å²) in [6, 6.07) is 20.3. The molecule has 1 amide bonds. The SMILES string of the molecule is COc1ccc([C@@H]2/C(=C(\O)c3ccccc3)C(=O)C(=O)N2c2nc3ccc(OC)cc3s2)cc1. The smallest absolute Gasteiger partial charge is 0.301 e. The van der Waals surface area contributed by atoms with Gasteiger partial charge in [-0.2, -0.15) is 0 Å². The molecule has 7 nitrogen and oxygen atoms in total. The zero-order chi connectivity index (χ0) is 23.8. The number of carbonyl (C=O) groups excluding carboxylic acids is 2. The van der Waals surface area contributed by atoms with Crippen LogP contribution in [-0.4, -0.2) is 36.0 Å². The molecule has 1 aliphatic heterocycles. The second kappa shape index (κ2) is 8.64. The van der Waals surface area contributed by atoms with E-state index in [2.05, 4.69) is 4.98 Å². The topological polar surface area (TPSA) is 89.0 Å². The molecule has 1 saturated heterocycles. The summed E-state index contributed by atoms with van der Waals surface area (Å²) in [4.78, 5) is 32.5. The maximum atomic E-state index is 13.3. The molecule has 170 valence electrons. The van der Waals surface area contributed by atoms with Crippen LogP contribution in [0.4, 0.5) is 5.13 Å². The number of ether oxygens (including phenoxy) is 2. The van der Waals surface area contributed by atoms with E-state index in [4.69, 9.17) is 9.47 Å². The maximum absolute atomic E-state index is 13.3. The van der Waals surface area contributed by atoms with Crippen LogP contribution in [0.15, 0.2) is 78.4 Å². The van der Waals surface area contributed by atoms with Gasteiger partial charge in [0.1, 0.15) is 17.3 Å². The molecule has 0 saturated carbocycles. The number of aliphatic hydroxyl groups is 1. The molecule has 0 radical (unpaired) electrons. The van der Waals surface area contributed by atoms with Crippen LogP contribution < -0.4 is 14.4 Å². The average Bonchev–Trinajstić information content (AvgIpc) is 3.41. The quantitative estimate of drug-likeness (QED) is 0.251. The van der Waals surface area contributed by atoms with E-state index in [1.165, 1.54) is 16.2 Å². The lowest BCUT2D eigenvalue weighted by Gasteiger charge is -2.23. The molecular formula is C26H20N2O5S. The van der Waals surface area contributed by atoms with Crippen molar-refractivity contribution in [2.75, 3.05) is 19.1 Å². The Labute approximate surface area is 199 Å². The van der Waals surface area contributed by atoms with E-state index in [0.717, 1.165) is 4.70 Å². The molecule has 3 aromatic carbocycles. The van der Waals surface area contributed by atoms with Crippen molar-refractivity contribution in [2.45, 2.75) is 6.04 Å². The molecule has 1 aromatic heterocycles. The number of hydrogen-bond donors (Lipinski definition) is 1. The normalized spacial score (nSPS) is 17.4. The summed E-state index contributed by atoms with van der Waals surface area (Å²) in [5.41, 5.74) is 1.79. The van der Waals surface area contributed by atoms with Gasteiger partial charge in [0.2, 0.25) is 0 Å². The monoisotopic (exact) mass is 472 g/mol. The fourth-order valence-electron chi connectivity index (χ4n) is 4.01. The van der Waals surface area contributed by atoms with Crippen LogP contribution in [0.1, 0.15) is 17.2 Å². The van der Waals surface area contributed by atoms with Crippen LogP contribution in [0, 0.1) is 0 Å². The van der Waals surface area contributed by atoms with Crippen LogP contribution in [-0.2, 0) is 9.59 Å². The van der Waals surface area contributed by atoms with Crippen LogP contribution in [0.2, 0.25) is 0 Å². The number of methoxy groups -OCH3 is 2. The van der Waals surface area contributed by atoms with Gasteiger partial charge in [0, 0.05) is 5.56 Å². The fourth-order valence-corrected chi connectivity index (χ4v) is 5.03. The number of fused-ring (bicyclic) bond motifs is 1. The average molecular weight is 473 g/mol. The third kappa shape index (κ3) is 3.58. The Kier molecular flexibility index (Phi) is 5.51. The second-order valence-corrected chi connectivity index (χ2v) is 8.65. The molecule has 4 aromatic rings. The van der Waals surface area contributed by atoms with Crippen LogP contribution in [0.5, 0.6) is 11.5 Å². The van der Waals surface area contributed by atoms with E-state index in [1.54, 1.807) is 74.9 Å². The van der Waals surface area contributed by atoms with Crippen molar-refractivity contribution in [3.63, 3.8) is 0 Å². The van der Waals surface area contributed by atoms with Crippen LogP contribution in [0.3, 0.4) is 0 Å². The molecule has 1 N–H and O–H groups in total. The summed E-state index contributed by atoms with van der Waals surface area (Å²) in [6.07, 6.45) is 0. The number of thiazole rings is 1. The van der Waals surface area contributed by atoms with Crippen molar-refractivity contribution >= 4 is 44.1 Å². The van der Waals surface area contributed by atoms with Crippen molar-refractivity contribution in [1.29, 1.82) is 0 Å². The van der Waals surface area contributed by atoms with Gasteiger partial charge >= 0.3 is 5.91 Å². The molecule has 1 aliphatic rings. The van der Waals surface area contributed by atoms with E-state index >= 15 is 0 Å². The predicted molar refractivity (Wildman–Crippen MR) is 130 cm³/mol. The van der Waals surface area contributed by atoms with Crippen LogP contribution >= 0.6 is 11.3 Å². The third-order valence-corrected chi connectivity index (χ3v) is 6.73. The molecule has 34 heavy (non-hydrogen) atoms. The van der Waals surface area contributed by atoms with Crippen molar-refractivity contribution in [2.24, 2.45) is 0 Å². The highest BCUT2D eigenvalue weighted by molar-refractivity contribution is 7.22. The fraction of sp³-hybridized carbons (Fsp3) is 0.115. The van der Waals surface area contributed by atoms with Gasteiger partial charge in [-0.05, 0) is 35.9 Å². The number of Topliss-reactive ketones (excluding diaryl/α,β-unsaturated/α-hetero) is 1. The Morgan fingerprint density at radius 1 is 0.941 bits per heavy atom. The van der Waals surface area contributed by atoms with Gasteiger partial charge in [-0.3, -0.25) is 14.5 Å². The summed E-state index contributed by atoms with van der Waals surface area (Å²) in [5.74, 6) is -0.440. The first-order valence-electron chi connectivity index (χ1n) is 10.5. The summed E-state index contributed by atoms with van der Waals surface area (Å²) in [7, 11) is 3.14. The number of aromatic nitrogens is 1. The van der Waals surface area contributed by atoms with E-state index < -0.39 is 17.7 Å². The first-order chi connectivity index (χ1) is 16.5. The molecule has 2 heterocycles. The summed E-state index contributed by atoms with van der Waals surface area (Å²) in [5, 5.41) is 11.5. The first-order valence-corrected chi connectivity index (χ1v) is 11.3. The molecule has 1 fully saturated rings. The third-order valence-electron chi connectivity index (χ3n) is 5.71. The molecule has 8 heteroatoms. The Bertz CT molecular complexity index is 1430. The van der Waals surface area contributed by atoms with Gasteiger partial charge in [0.05, 0.1) is 36.1 Å². The second-order valence-electron chi connectivity index (χ2n) is 7.64. The van der Waals surface area contributed by atoms with Gasteiger partial charge < -0.3 is 14.6 Å². The van der Waals surface area contributed by atoms with E-state index in [0.29, 0.717) is 33.3 Å². The largest absolute Gasteiger partial charge is 0.507 e. The number of nitrogens with zero attached hydrogens (tertiary/aromatic N) is 2. The highest BCUT2D eigenvalue weighted by atomic mass is 32.1. The van der Waals surface area contributed by atoms with E-state index in [1.807, 2.05) is 12.1 Å². The highest BCUT2D eigenvalue weighted by Crippen LogP contribution is 2.44. The Hall–Kier alpha value is -4.17. The zero-order valence-electron chi connectivity index (χ0n) is 18.4. The standard InChI is InChI=1S/C26H20N2O5S/c1-32-17-10-8-15(9-11-17)22-21(23(29)16-6-4-3-5-7-16)24(30)25(31)28(22)26-27-19-13-12-18(33-2)14-20(19)34-26/h3-14,22,29H,1-2H3/b23-21+/t22-/m1/s1. The molecule has 0 aliphatic carbocycles. The minimum atomic E-state index is -0.853. The molecule has 1 atom stereocenters. The summed E-state index contributed by atoms with van der Waals surface area (Å²) < 4.78 is 11.4. The lowest BCUT2D eigenvalue weighted by atomic mass is 9.95. The number of hydrogen-bond acceptors (Lipinski definition) is 7. The van der Waals surface area contributed by atoms with E-state index in [-0.39, 0.29) is 11.3 Å². The first kappa shape index (κ1) is 21.7. The van der Waals surface area contributed by atoms with Crippen LogP contribution in [0.25, 0.3) is 16.0 Å². The number of benzene rings is 3. The molecule has 0 unspecified atom stereocenters. The lowest BCUT2D eigenvalue weighted by molar-refractivity contribution is -0.132. The minimum absolute atomic E-state index is 0.0122. The van der Waals surface area contributed by atoms with E-state index in [9.17, 15) is 14.7 Å². The number of rotatable bonds is 5.